The summed E-state index contributed by atoms with van der Waals surface area (Å²) in [6.45, 7) is 6.99. The molecule has 2 fully saturated rings. The molecule has 0 spiro atoms. The highest BCUT2D eigenvalue weighted by Crippen LogP contribution is 2.27. The molecular formula is C12H22N2O2. The van der Waals surface area contributed by atoms with E-state index in [1.807, 2.05) is 18.7 Å². The van der Waals surface area contributed by atoms with Crippen molar-refractivity contribution < 1.29 is 9.53 Å². The first kappa shape index (κ1) is 11.9. The van der Waals surface area contributed by atoms with E-state index in [0.29, 0.717) is 6.54 Å². The van der Waals surface area contributed by atoms with Crippen LogP contribution in [-0.2, 0) is 9.53 Å². The lowest BCUT2D eigenvalue weighted by Crippen LogP contribution is -2.50. The van der Waals surface area contributed by atoms with Gasteiger partial charge in [0, 0.05) is 13.1 Å². The van der Waals surface area contributed by atoms with Gasteiger partial charge < -0.3 is 15.0 Å². The molecule has 0 radical (unpaired) electrons. The topological polar surface area (TPSA) is 41.6 Å². The Labute approximate surface area is 97.3 Å². The number of rotatable bonds is 4. The largest absolute Gasteiger partial charge is 0.372 e. The van der Waals surface area contributed by atoms with Crippen LogP contribution in [0.15, 0.2) is 0 Å². The van der Waals surface area contributed by atoms with Gasteiger partial charge >= 0.3 is 0 Å². The van der Waals surface area contributed by atoms with Crippen molar-refractivity contribution in [3.8, 4) is 0 Å². The highest BCUT2D eigenvalue weighted by Gasteiger charge is 2.26. The molecule has 92 valence electrons. The van der Waals surface area contributed by atoms with Gasteiger partial charge in [-0.1, -0.05) is 0 Å². The SMILES string of the molecule is CC1CN(C(=O)CNCC2CC2)CC(C)O1. The van der Waals surface area contributed by atoms with Gasteiger partial charge in [0.05, 0.1) is 18.8 Å². The molecule has 1 saturated heterocycles. The summed E-state index contributed by atoms with van der Waals surface area (Å²) in [5.74, 6) is 1.04. The number of amides is 1. The summed E-state index contributed by atoms with van der Waals surface area (Å²) >= 11 is 0. The number of hydrogen-bond acceptors (Lipinski definition) is 3. The van der Waals surface area contributed by atoms with Crippen LogP contribution >= 0.6 is 0 Å². The van der Waals surface area contributed by atoms with E-state index < -0.39 is 0 Å². The minimum absolute atomic E-state index is 0.163. The first-order chi connectivity index (χ1) is 7.65. The Kier molecular flexibility index (Phi) is 3.82. The van der Waals surface area contributed by atoms with E-state index in [1.54, 1.807) is 0 Å². The molecule has 2 rings (SSSR count). The predicted octanol–water partition coefficient (Wildman–Crippen LogP) is 0.622. The molecule has 0 bridgehead atoms. The Morgan fingerprint density at radius 3 is 2.50 bits per heavy atom. The van der Waals surface area contributed by atoms with Crippen LogP contribution in [0.4, 0.5) is 0 Å². The van der Waals surface area contributed by atoms with Gasteiger partial charge in [-0.2, -0.15) is 0 Å². The molecule has 0 aromatic carbocycles. The molecule has 2 unspecified atom stereocenters. The zero-order valence-electron chi connectivity index (χ0n) is 10.2. The van der Waals surface area contributed by atoms with Gasteiger partial charge in [-0.3, -0.25) is 4.79 Å². The summed E-state index contributed by atoms with van der Waals surface area (Å²) in [7, 11) is 0. The molecule has 1 heterocycles. The second-order valence-electron chi connectivity index (χ2n) is 5.13. The fraction of sp³-hybridized carbons (Fsp3) is 0.917. The molecule has 16 heavy (non-hydrogen) atoms. The van der Waals surface area contributed by atoms with E-state index in [4.69, 9.17) is 4.74 Å². The Hall–Kier alpha value is -0.610. The summed E-state index contributed by atoms with van der Waals surface area (Å²) < 4.78 is 5.60. The van der Waals surface area contributed by atoms with E-state index >= 15 is 0 Å². The van der Waals surface area contributed by atoms with Gasteiger partial charge in [-0.05, 0) is 39.2 Å². The van der Waals surface area contributed by atoms with Gasteiger partial charge in [-0.25, -0.2) is 0 Å². The van der Waals surface area contributed by atoms with E-state index in [9.17, 15) is 4.79 Å². The van der Waals surface area contributed by atoms with Crippen molar-refractivity contribution in [1.29, 1.82) is 0 Å². The summed E-state index contributed by atoms with van der Waals surface area (Å²) in [5.41, 5.74) is 0. The number of carbonyl (C=O) groups excluding carboxylic acids is 1. The minimum Gasteiger partial charge on any atom is -0.372 e. The molecule has 4 heteroatoms. The fourth-order valence-electron chi connectivity index (χ4n) is 2.20. The van der Waals surface area contributed by atoms with Crippen molar-refractivity contribution in [2.75, 3.05) is 26.2 Å². The second kappa shape index (κ2) is 5.15. The third-order valence-corrected chi connectivity index (χ3v) is 3.18. The van der Waals surface area contributed by atoms with Gasteiger partial charge in [0.2, 0.25) is 5.91 Å². The van der Waals surface area contributed by atoms with E-state index in [0.717, 1.165) is 25.6 Å². The number of morpholine rings is 1. The first-order valence-electron chi connectivity index (χ1n) is 6.29. The van der Waals surface area contributed by atoms with E-state index in [2.05, 4.69) is 5.32 Å². The molecule has 2 aliphatic rings. The number of nitrogens with zero attached hydrogens (tertiary/aromatic N) is 1. The zero-order valence-corrected chi connectivity index (χ0v) is 10.2. The van der Waals surface area contributed by atoms with E-state index in [-0.39, 0.29) is 18.1 Å². The van der Waals surface area contributed by atoms with Crippen molar-refractivity contribution in [1.82, 2.24) is 10.2 Å². The van der Waals surface area contributed by atoms with Crippen LogP contribution in [0.25, 0.3) is 0 Å². The van der Waals surface area contributed by atoms with Crippen molar-refractivity contribution in [3.63, 3.8) is 0 Å². The first-order valence-corrected chi connectivity index (χ1v) is 6.29. The number of hydrogen-bond donors (Lipinski definition) is 1. The standard InChI is InChI=1S/C12H22N2O2/c1-9-7-14(8-10(2)16-9)12(15)6-13-5-11-3-4-11/h9-11,13H,3-8H2,1-2H3. The van der Waals surface area contributed by atoms with Crippen LogP contribution in [0.3, 0.4) is 0 Å². The van der Waals surface area contributed by atoms with Crippen molar-refractivity contribution >= 4 is 5.91 Å². The van der Waals surface area contributed by atoms with Crippen LogP contribution in [0.5, 0.6) is 0 Å². The Morgan fingerprint density at radius 1 is 1.31 bits per heavy atom. The van der Waals surface area contributed by atoms with Crippen molar-refractivity contribution in [3.05, 3.63) is 0 Å². The molecule has 2 atom stereocenters. The average molecular weight is 226 g/mol. The maximum absolute atomic E-state index is 11.9. The highest BCUT2D eigenvalue weighted by atomic mass is 16.5. The third kappa shape index (κ3) is 3.46. The third-order valence-electron chi connectivity index (χ3n) is 3.18. The maximum atomic E-state index is 11.9. The van der Waals surface area contributed by atoms with E-state index in [1.165, 1.54) is 12.8 Å². The zero-order chi connectivity index (χ0) is 11.5. The maximum Gasteiger partial charge on any atom is 0.236 e. The summed E-state index contributed by atoms with van der Waals surface area (Å²) in [6.07, 6.45) is 2.98. The van der Waals surface area contributed by atoms with Crippen LogP contribution < -0.4 is 5.32 Å². The number of nitrogens with one attached hydrogen (secondary N) is 1. The number of ether oxygens (including phenoxy) is 1. The number of carbonyl (C=O) groups is 1. The van der Waals surface area contributed by atoms with Gasteiger partial charge in [-0.15, -0.1) is 0 Å². The molecule has 0 aromatic heterocycles. The quantitative estimate of drug-likeness (QED) is 0.764. The monoisotopic (exact) mass is 226 g/mol. The second-order valence-corrected chi connectivity index (χ2v) is 5.13. The lowest BCUT2D eigenvalue weighted by molar-refractivity contribution is -0.142. The normalized spacial score (nSPS) is 30.5. The summed E-state index contributed by atoms with van der Waals surface area (Å²) in [6, 6.07) is 0. The van der Waals surface area contributed by atoms with Crippen LogP contribution in [-0.4, -0.2) is 49.2 Å². The average Bonchev–Trinajstić information content (AvgIpc) is 3.00. The molecule has 1 aliphatic carbocycles. The van der Waals surface area contributed by atoms with Crippen molar-refractivity contribution in [2.24, 2.45) is 5.92 Å². The Morgan fingerprint density at radius 2 is 1.94 bits per heavy atom. The molecule has 1 aliphatic heterocycles. The lowest BCUT2D eigenvalue weighted by Gasteiger charge is -2.35. The Balaban J connectivity index is 1.69. The van der Waals surface area contributed by atoms with Gasteiger partial charge in [0.25, 0.3) is 0 Å². The van der Waals surface area contributed by atoms with Crippen LogP contribution in [0.2, 0.25) is 0 Å². The highest BCUT2D eigenvalue weighted by molar-refractivity contribution is 5.78. The predicted molar refractivity (Wildman–Crippen MR) is 62.2 cm³/mol. The van der Waals surface area contributed by atoms with Crippen LogP contribution in [0.1, 0.15) is 26.7 Å². The minimum atomic E-state index is 0.163. The van der Waals surface area contributed by atoms with Gasteiger partial charge in [0.15, 0.2) is 0 Å². The molecule has 1 amide bonds. The summed E-state index contributed by atoms with van der Waals surface area (Å²) in [4.78, 5) is 13.8. The lowest BCUT2D eigenvalue weighted by atomic mass is 10.2. The Bertz CT molecular complexity index is 243. The molecular weight excluding hydrogens is 204 g/mol. The van der Waals surface area contributed by atoms with Gasteiger partial charge in [0.1, 0.15) is 0 Å². The van der Waals surface area contributed by atoms with Crippen LogP contribution in [0, 0.1) is 5.92 Å². The summed E-state index contributed by atoms with van der Waals surface area (Å²) in [5, 5.41) is 3.24. The fourth-order valence-corrected chi connectivity index (χ4v) is 2.20. The molecule has 1 saturated carbocycles. The molecule has 0 aromatic rings. The smallest absolute Gasteiger partial charge is 0.236 e. The molecule has 1 N–H and O–H groups in total. The molecule has 4 nitrogen and oxygen atoms in total. The van der Waals surface area contributed by atoms with Crippen molar-refractivity contribution in [2.45, 2.75) is 38.9 Å².